The highest BCUT2D eigenvalue weighted by Crippen LogP contribution is 2.12. The van der Waals surface area contributed by atoms with Crippen LogP contribution in [0.25, 0.3) is 0 Å². The number of hydrogen-bond donors (Lipinski definition) is 1. The number of nitrogens with zero attached hydrogens (tertiary/aromatic N) is 2. The van der Waals surface area contributed by atoms with Gasteiger partial charge >= 0.3 is 0 Å². The van der Waals surface area contributed by atoms with Crippen LogP contribution in [0.5, 0.6) is 5.75 Å². The van der Waals surface area contributed by atoms with E-state index in [1.807, 2.05) is 4.90 Å². The molecule has 86 valence electrons. The molecule has 4 heteroatoms. The van der Waals surface area contributed by atoms with E-state index in [1.165, 1.54) is 0 Å². The van der Waals surface area contributed by atoms with Gasteiger partial charge in [0.1, 0.15) is 5.75 Å². The van der Waals surface area contributed by atoms with Crippen LogP contribution < -0.4 is 0 Å². The van der Waals surface area contributed by atoms with Crippen LogP contribution in [0.2, 0.25) is 0 Å². The van der Waals surface area contributed by atoms with Crippen molar-refractivity contribution in [2.45, 2.75) is 0 Å². The number of rotatable bonds is 1. The lowest BCUT2D eigenvalue weighted by molar-refractivity contribution is 0.0664. The molecule has 1 aromatic carbocycles. The van der Waals surface area contributed by atoms with E-state index in [0.29, 0.717) is 5.56 Å². The Morgan fingerprint density at radius 3 is 2.25 bits per heavy atom. The van der Waals surface area contributed by atoms with E-state index in [1.54, 1.807) is 24.3 Å². The smallest absolute Gasteiger partial charge is 0.253 e. The summed E-state index contributed by atoms with van der Waals surface area (Å²) in [7, 11) is 2.06. The van der Waals surface area contributed by atoms with E-state index in [9.17, 15) is 4.79 Å². The van der Waals surface area contributed by atoms with E-state index in [2.05, 4.69) is 11.9 Å². The maximum atomic E-state index is 12.0. The quantitative estimate of drug-likeness (QED) is 0.760. The normalized spacial score (nSPS) is 17.4. The predicted octanol–water partition coefficient (Wildman–Crippen LogP) is 0.780. The minimum absolute atomic E-state index is 0.0492. The number of piperazine rings is 1. The van der Waals surface area contributed by atoms with Gasteiger partial charge in [0.05, 0.1) is 0 Å². The number of phenolic OH excluding ortho intramolecular Hbond substituents is 1. The zero-order chi connectivity index (χ0) is 11.5. The zero-order valence-corrected chi connectivity index (χ0v) is 9.39. The Morgan fingerprint density at radius 2 is 1.69 bits per heavy atom. The third-order valence-electron chi connectivity index (χ3n) is 2.90. The number of amides is 1. The number of hydrogen-bond acceptors (Lipinski definition) is 3. The van der Waals surface area contributed by atoms with Gasteiger partial charge in [0, 0.05) is 31.7 Å². The number of aromatic hydroxyl groups is 1. The SMILES string of the molecule is CN1CCN(C(=O)c2ccc(O)cc2)CC1. The first-order chi connectivity index (χ1) is 7.66. The molecule has 4 nitrogen and oxygen atoms in total. The Kier molecular flexibility index (Phi) is 3.10. The molecule has 0 bridgehead atoms. The molecule has 0 unspecified atom stereocenters. The monoisotopic (exact) mass is 220 g/mol. The molecule has 1 fully saturated rings. The Morgan fingerprint density at radius 1 is 1.12 bits per heavy atom. The van der Waals surface area contributed by atoms with E-state index in [0.717, 1.165) is 26.2 Å². The van der Waals surface area contributed by atoms with E-state index in [-0.39, 0.29) is 11.7 Å². The molecule has 1 aliphatic heterocycles. The molecule has 2 rings (SSSR count). The summed E-state index contributed by atoms with van der Waals surface area (Å²) in [6.07, 6.45) is 0. The zero-order valence-electron chi connectivity index (χ0n) is 9.39. The lowest BCUT2D eigenvalue weighted by Crippen LogP contribution is -2.47. The molecule has 1 N–H and O–H groups in total. The first-order valence-electron chi connectivity index (χ1n) is 5.43. The summed E-state index contributed by atoms with van der Waals surface area (Å²) in [5, 5.41) is 9.15. The van der Waals surface area contributed by atoms with Gasteiger partial charge in [0.15, 0.2) is 0 Å². The van der Waals surface area contributed by atoms with Crippen molar-refractivity contribution < 1.29 is 9.90 Å². The van der Waals surface area contributed by atoms with E-state index >= 15 is 0 Å². The fourth-order valence-electron chi connectivity index (χ4n) is 1.80. The van der Waals surface area contributed by atoms with Crippen molar-refractivity contribution >= 4 is 5.91 Å². The Labute approximate surface area is 95.1 Å². The molecular weight excluding hydrogens is 204 g/mol. The van der Waals surface area contributed by atoms with Crippen molar-refractivity contribution in [1.82, 2.24) is 9.80 Å². The highest BCUT2D eigenvalue weighted by atomic mass is 16.3. The number of carbonyl (C=O) groups excluding carboxylic acids is 1. The first kappa shape index (κ1) is 11.0. The second-order valence-corrected chi connectivity index (χ2v) is 4.14. The topological polar surface area (TPSA) is 43.8 Å². The van der Waals surface area contributed by atoms with Crippen molar-refractivity contribution in [1.29, 1.82) is 0 Å². The van der Waals surface area contributed by atoms with E-state index < -0.39 is 0 Å². The van der Waals surface area contributed by atoms with Gasteiger partial charge in [-0.25, -0.2) is 0 Å². The molecule has 0 saturated carbocycles. The Hall–Kier alpha value is -1.55. The second-order valence-electron chi connectivity index (χ2n) is 4.14. The molecule has 16 heavy (non-hydrogen) atoms. The fourth-order valence-corrected chi connectivity index (χ4v) is 1.80. The first-order valence-corrected chi connectivity index (χ1v) is 5.43. The summed E-state index contributed by atoms with van der Waals surface area (Å²) in [6.45, 7) is 3.39. The van der Waals surface area contributed by atoms with E-state index in [4.69, 9.17) is 5.11 Å². The summed E-state index contributed by atoms with van der Waals surface area (Å²) < 4.78 is 0. The molecule has 0 aromatic heterocycles. The number of likely N-dealkylation sites (N-methyl/N-ethyl adjacent to an activating group) is 1. The second kappa shape index (κ2) is 4.53. The maximum absolute atomic E-state index is 12.0. The Bertz CT molecular complexity index is 367. The summed E-state index contributed by atoms with van der Waals surface area (Å²) >= 11 is 0. The predicted molar refractivity (Wildman–Crippen MR) is 61.5 cm³/mol. The van der Waals surface area contributed by atoms with Gasteiger partial charge in [-0.2, -0.15) is 0 Å². The Balaban J connectivity index is 2.05. The lowest BCUT2D eigenvalue weighted by atomic mass is 10.2. The van der Waals surface area contributed by atoms with Crippen molar-refractivity contribution in [2.24, 2.45) is 0 Å². The highest BCUT2D eigenvalue weighted by molar-refractivity contribution is 5.94. The molecule has 1 aromatic rings. The molecule has 1 saturated heterocycles. The van der Waals surface area contributed by atoms with Gasteiger partial charge < -0.3 is 14.9 Å². The number of phenols is 1. The molecule has 0 atom stereocenters. The minimum Gasteiger partial charge on any atom is -0.508 e. The van der Waals surface area contributed by atoms with Gasteiger partial charge in [-0.05, 0) is 31.3 Å². The summed E-state index contributed by atoms with van der Waals surface area (Å²) in [5.74, 6) is 0.239. The van der Waals surface area contributed by atoms with Crippen LogP contribution >= 0.6 is 0 Å². The summed E-state index contributed by atoms with van der Waals surface area (Å²) in [5.41, 5.74) is 0.641. The molecule has 0 radical (unpaired) electrons. The average Bonchev–Trinajstić information content (AvgIpc) is 2.30. The van der Waals surface area contributed by atoms with Gasteiger partial charge in [0.2, 0.25) is 0 Å². The van der Waals surface area contributed by atoms with Crippen LogP contribution in [-0.2, 0) is 0 Å². The van der Waals surface area contributed by atoms with Gasteiger partial charge in [-0.1, -0.05) is 0 Å². The van der Waals surface area contributed by atoms with Crippen molar-refractivity contribution in [3.63, 3.8) is 0 Å². The fraction of sp³-hybridized carbons (Fsp3) is 0.417. The standard InChI is InChI=1S/C12H16N2O2/c1-13-6-8-14(9-7-13)12(16)10-2-4-11(15)5-3-10/h2-5,15H,6-9H2,1H3. The highest BCUT2D eigenvalue weighted by Gasteiger charge is 2.19. The molecule has 1 heterocycles. The lowest BCUT2D eigenvalue weighted by Gasteiger charge is -2.32. The van der Waals surface area contributed by atoms with Crippen molar-refractivity contribution in [2.75, 3.05) is 33.2 Å². The van der Waals surface area contributed by atoms with Crippen molar-refractivity contribution in [3.05, 3.63) is 29.8 Å². The summed E-state index contributed by atoms with van der Waals surface area (Å²) in [6, 6.07) is 6.42. The molecular formula is C12H16N2O2. The third kappa shape index (κ3) is 2.33. The molecule has 0 spiro atoms. The largest absolute Gasteiger partial charge is 0.508 e. The van der Waals surface area contributed by atoms with Crippen LogP contribution in [0.3, 0.4) is 0 Å². The van der Waals surface area contributed by atoms with Crippen LogP contribution in [0.1, 0.15) is 10.4 Å². The summed E-state index contributed by atoms with van der Waals surface area (Å²) in [4.78, 5) is 16.1. The van der Waals surface area contributed by atoms with Gasteiger partial charge in [0.25, 0.3) is 5.91 Å². The van der Waals surface area contributed by atoms with Gasteiger partial charge in [-0.15, -0.1) is 0 Å². The maximum Gasteiger partial charge on any atom is 0.253 e. The minimum atomic E-state index is 0.0492. The number of benzene rings is 1. The van der Waals surface area contributed by atoms with Crippen LogP contribution in [0, 0.1) is 0 Å². The van der Waals surface area contributed by atoms with Crippen LogP contribution in [-0.4, -0.2) is 54.0 Å². The molecule has 1 aliphatic rings. The van der Waals surface area contributed by atoms with Crippen molar-refractivity contribution in [3.8, 4) is 5.75 Å². The number of carbonyl (C=O) groups is 1. The molecule has 1 amide bonds. The van der Waals surface area contributed by atoms with Gasteiger partial charge in [-0.3, -0.25) is 4.79 Å². The molecule has 0 aliphatic carbocycles. The van der Waals surface area contributed by atoms with Crippen LogP contribution in [0.15, 0.2) is 24.3 Å². The average molecular weight is 220 g/mol. The van der Waals surface area contributed by atoms with Crippen LogP contribution in [0.4, 0.5) is 0 Å². The third-order valence-corrected chi connectivity index (χ3v) is 2.90.